The molecule has 0 heterocycles. The van der Waals surface area contributed by atoms with Crippen LogP contribution in [0, 0.1) is 0 Å². The van der Waals surface area contributed by atoms with Gasteiger partial charge in [-0.15, -0.1) is 0 Å². The SMILES string of the molecule is CC(C)(C)c1ccc(S(=O)(=O)Oc2ccccc2)cc1. The van der Waals surface area contributed by atoms with Crippen molar-refractivity contribution in [3.05, 3.63) is 60.2 Å². The molecule has 3 nitrogen and oxygen atoms in total. The molecular weight excluding hydrogens is 272 g/mol. The fourth-order valence-corrected chi connectivity index (χ4v) is 2.70. The number of hydrogen-bond donors (Lipinski definition) is 0. The molecule has 0 saturated carbocycles. The Bertz CT molecular complexity index is 666. The molecule has 20 heavy (non-hydrogen) atoms. The van der Waals surface area contributed by atoms with E-state index in [4.69, 9.17) is 4.18 Å². The summed E-state index contributed by atoms with van der Waals surface area (Å²) in [6.07, 6.45) is 0. The molecule has 0 spiro atoms. The highest BCUT2D eigenvalue weighted by molar-refractivity contribution is 7.87. The van der Waals surface area contributed by atoms with E-state index >= 15 is 0 Å². The average molecular weight is 290 g/mol. The lowest BCUT2D eigenvalue weighted by molar-refractivity contribution is 0.486. The van der Waals surface area contributed by atoms with Gasteiger partial charge in [0.15, 0.2) is 0 Å². The van der Waals surface area contributed by atoms with Crippen molar-refractivity contribution in [3.63, 3.8) is 0 Å². The van der Waals surface area contributed by atoms with E-state index in [0.29, 0.717) is 5.75 Å². The van der Waals surface area contributed by atoms with Gasteiger partial charge in [-0.3, -0.25) is 0 Å². The third-order valence-corrected chi connectivity index (χ3v) is 4.22. The predicted octanol–water partition coefficient (Wildman–Crippen LogP) is 3.75. The normalized spacial score (nSPS) is 12.2. The van der Waals surface area contributed by atoms with Crippen LogP contribution in [0.15, 0.2) is 59.5 Å². The van der Waals surface area contributed by atoms with E-state index in [2.05, 4.69) is 20.8 Å². The van der Waals surface area contributed by atoms with Crippen LogP contribution in [0.3, 0.4) is 0 Å². The minimum Gasteiger partial charge on any atom is -0.379 e. The number of rotatable bonds is 3. The summed E-state index contributed by atoms with van der Waals surface area (Å²) in [6.45, 7) is 6.24. The van der Waals surface area contributed by atoms with Crippen LogP contribution in [-0.4, -0.2) is 8.42 Å². The first-order valence-corrected chi connectivity index (χ1v) is 7.80. The highest BCUT2D eigenvalue weighted by Gasteiger charge is 2.19. The van der Waals surface area contributed by atoms with Crippen LogP contribution >= 0.6 is 0 Å². The molecule has 0 amide bonds. The zero-order valence-corrected chi connectivity index (χ0v) is 12.6. The van der Waals surface area contributed by atoms with Gasteiger partial charge in [-0.25, -0.2) is 0 Å². The highest BCUT2D eigenvalue weighted by atomic mass is 32.2. The third kappa shape index (κ3) is 3.39. The van der Waals surface area contributed by atoms with Crippen molar-refractivity contribution >= 4 is 10.1 Å². The Morgan fingerprint density at radius 3 is 1.90 bits per heavy atom. The monoisotopic (exact) mass is 290 g/mol. The summed E-state index contributed by atoms with van der Waals surface area (Å²) < 4.78 is 29.4. The van der Waals surface area contributed by atoms with Gasteiger partial charge in [0, 0.05) is 0 Å². The molecule has 0 bridgehead atoms. The van der Waals surface area contributed by atoms with Crippen molar-refractivity contribution < 1.29 is 12.6 Å². The first-order chi connectivity index (χ1) is 9.29. The van der Waals surface area contributed by atoms with E-state index in [1.165, 1.54) is 0 Å². The van der Waals surface area contributed by atoms with Crippen LogP contribution in [0.1, 0.15) is 26.3 Å². The number of para-hydroxylation sites is 1. The van der Waals surface area contributed by atoms with Gasteiger partial charge in [-0.2, -0.15) is 8.42 Å². The maximum Gasteiger partial charge on any atom is 0.339 e. The van der Waals surface area contributed by atoms with E-state index in [1.807, 2.05) is 12.1 Å². The molecule has 0 aliphatic heterocycles. The molecular formula is C16H18O3S. The molecule has 0 saturated heterocycles. The minimum atomic E-state index is -3.78. The second kappa shape index (κ2) is 5.29. The van der Waals surface area contributed by atoms with Crippen molar-refractivity contribution in [2.75, 3.05) is 0 Å². The molecule has 0 aliphatic rings. The van der Waals surface area contributed by atoms with Crippen LogP contribution in [0.25, 0.3) is 0 Å². The van der Waals surface area contributed by atoms with Gasteiger partial charge in [0.2, 0.25) is 0 Å². The largest absolute Gasteiger partial charge is 0.379 e. The summed E-state index contributed by atoms with van der Waals surface area (Å²) >= 11 is 0. The number of benzene rings is 2. The minimum absolute atomic E-state index is 0.0113. The average Bonchev–Trinajstić information content (AvgIpc) is 2.38. The molecule has 2 rings (SSSR count). The van der Waals surface area contributed by atoms with Gasteiger partial charge < -0.3 is 4.18 Å². The lowest BCUT2D eigenvalue weighted by atomic mass is 9.87. The molecule has 0 fully saturated rings. The van der Waals surface area contributed by atoms with E-state index in [-0.39, 0.29) is 10.3 Å². The third-order valence-electron chi connectivity index (χ3n) is 2.96. The molecule has 106 valence electrons. The van der Waals surface area contributed by atoms with E-state index < -0.39 is 10.1 Å². The predicted molar refractivity (Wildman–Crippen MR) is 79.4 cm³/mol. The van der Waals surface area contributed by atoms with Crippen molar-refractivity contribution in [1.29, 1.82) is 0 Å². The Morgan fingerprint density at radius 1 is 0.850 bits per heavy atom. The van der Waals surface area contributed by atoms with Crippen LogP contribution in [-0.2, 0) is 15.5 Å². The highest BCUT2D eigenvalue weighted by Crippen LogP contribution is 2.24. The summed E-state index contributed by atoms with van der Waals surface area (Å²) in [7, 11) is -3.78. The zero-order valence-electron chi connectivity index (χ0n) is 11.8. The van der Waals surface area contributed by atoms with Gasteiger partial charge in [-0.1, -0.05) is 51.1 Å². The second-order valence-corrected chi connectivity index (χ2v) is 7.17. The maximum absolute atomic E-state index is 12.1. The molecule has 0 N–H and O–H groups in total. The van der Waals surface area contributed by atoms with Crippen molar-refractivity contribution in [1.82, 2.24) is 0 Å². The Kier molecular flexibility index (Phi) is 3.86. The van der Waals surface area contributed by atoms with Crippen molar-refractivity contribution in [2.24, 2.45) is 0 Å². The van der Waals surface area contributed by atoms with Crippen molar-refractivity contribution in [2.45, 2.75) is 31.1 Å². The van der Waals surface area contributed by atoms with Gasteiger partial charge in [-0.05, 0) is 35.2 Å². The Balaban J connectivity index is 2.27. The quantitative estimate of drug-likeness (QED) is 0.809. The molecule has 4 heteroatoms. The number of hydrogen-bond acceptors (Lipinski definition) is 3. The van der Waals surface area contributed by atoms with Gasteiger partial charge in [0.05, 0.1) is 0 Å². The van der Waals surface area contributed by atoms with Gasteiger partial charge >= 0.3 is 10.1 Å². The molecule has 0 unspecified atom stereocenters. The van der Waals surface area contributed by atoms with Crippen LogP contribution in [0.2, 0.25) is 0 Å². The molecule has 2 aromatic rings. The maximum atomic E-state index is 12.1. The summed E-state index contributed by atoms with van der Waals surface area (Å²) in [5.74, 6) is 0.312. The van der Waals surface area contributed by atoms with Gasteiger partial charge in [0.1, 0.15) is 10.6 Å². The summed E-state index contributed by atoms with van der Waals surface area (Å²) in [6, 6.07) is 15.3. The first-order valence-electron chi connectivity index (χ1n) is 6.39. The van der Waals surface area contributed by atoms with E-state index in [0.717, 1.165) is 5.56 Å². The fraction of sp³-hybridized carbons (Fsp3) is 0.250. The fourth-order valence-electron chi connectivity index (χ4n) is 1.77. The molecule has 0 aromatic heterocycles. The Labute approximate surface area is 120 Å². The van der Waals surface area contributed by atoms with E-state index in [1.54, 1.807) is 42.5 Å². The molecule has 0 aliphatic carbocycles. The van der Waals surface area contributed by atoms with Crippen LogP contribution < -0.4 is 4.18 Å². The Hall–Kier alpha value is -1.81. The van der Waals surface area contributed by atoms with Crippen LogP contribution in [0.5, 0.6) is 5.75 Å². The smallest absolute Gasteiger partial charge is 0.339 e. The first kappa shape index (κ1) is 14.6. The van der Waals surface area contributed by atoms with E-state index in [9.17, 15) is 8.42 Å². The molecule has 2 aromatic carbocycles. The van der Waals surface area contributed by atoms with Crippen LogP contribution in [0.4, 0.5) is 0 Å². The second-order valence-electron chi connectivity index (χ2n) is 5.62. The zero-order chi connectivity index (χ0) is 14.8. The molecule has 0 radical (unpaired) electrons. The Morgan fingerprint density at radius 2 is 1.40 bits per heavy atom. The summed E-state index contributed by atoms with van der Waals surface area (Å²) in [5, 5.41) is 0. The van der Waals surface area contributed by atoms with Gasteiger partial charge in [0.25, 0.3) is 0 Å². The van der Waals surface area contributed by atoms with Crippen molar-refractivity contribution in [3.8, 4) is 5.75 Å². The lowest BCUT2D eigenvalue weighted by Crippen LogP contribution is -2.13. The lowest BCUT2D eigenvalue weighted by Gasteiger charge is -2.19. The standard InChI is InChI=1S/C16H18O3S/c1-16(2,3)13-9-11-15(12-10-13)20(17,18)19-14-7-5-4-6-8-14/h4-12H,1-3H3. The summed E-state index contributed by atoms with van der Waals surface area (Å²) in [5.41, 5.74) is 1.07. The summed E-state index contributed by atoms with van der Waals surface area (Å²) in [4.78, 5) is 0.161. The molecule has 0 atom stereocenters. The topological polar surface area (TPSA) is 43.4 Å².